The van der Waals surface area contributed by atoms with Crippen molar-refractivity contribution in [3.8, 4) is 0 Å². The highest BCUT2D eigenvalue weighted by molar-refractivity contribution is 6.30. The van der Waals surface area contributed by atoms with Gasteiger partial charge in [0.2, 0.25) is 0 Å². The van der Waals surface area contributed by atoms with Gasteiger partial charge in [0.25, 0.3) is 0 Å². The minimum atomic E-state index is 0.170. The van der Waals surface area contributed by atoms with Crippen molar-refractivity contribution < 1.29 is 0 Å². The summed E-state index contributed by atoms with van der Waals surface area (Å²) in [7, 11) is 1.99. The first kappa shape index (κ1) is 14.2. The molecule has 1 saturated carbocycles. The van der Waals surface area contributed by atoms with Crippen LogP contribution in [0.3, 0.4) is 0 Å². The molecule has 1 aromatic carbocycles. The van der Waals surface area contributed by atoms with Crippen molar-refractivity contribution in [3.63, 3.8) is 0 Å². The van der Waals surface area contributed by atoms with E-state index in [0.717, 1.165) is 10.6 Å². The van der Waals surface area contributed by atoms with Crippen LogP contribution in [0.2, 0.25) is 5.02 Å². The summed E-state index contributed by atoms with van der Waals surface area (Å²) in [5, 5.41) is 0.754. The molecule has 0 aliphatic heterocycles. The summed E-state index contributed by atoms with van der Waals surface area (Å²) in [6.45, 7) is 2.11. The fourth-order valence-corrected chi connectivity index (χ4v) is 2.70. The van der Waals surface area contributed by atoms with Crippen molar-refractivity contribution in [2.75, 3.05) is 7.05 Å². The molecule has 19 heavy (non-hydrogen) atoms. The summed E-state index contributed by atoms with van der Waals surface area (Å²) in [4.78, 5) is 6.65. The minimum absolute atomic E-state index is 0.170. The Hall–Kier alpha value is -1.22. The van der Waals surface area contributed by atoms with Gasteiger partial charge in [0.15, 0.2) is 5.96 Å². The average Bonchev–Trinajstić information content (AvgIpc) is 2.89. The molecule has 1 aromatic rings. The first-order valence-corrected chi connectivity index (χ1v) is 7.27. The third-order valence-corrected chi connectivity index (χ3v) is 4.15. The van der Waals surface area contributed by atoms with Crippen LogP contribution in [0, 0.1) is 0 Å². The number of nitrogens with zero attached hydrogens (tertiary/aromatic N) is 2. The van der Waals surface area contributed by atoms with Crippen LogP contribution in [0.4, 0.5) is 0 Å². The van der Waals surface area contributed by atoms with Crippen molar-refractivity contribution in [1.29, 1.82) is 0 Å². The molecule has 1 unspecified atom stereocenters. The molecule has 0 aromatic heterocycles. The maximum Gasteiger partial charge on any atom is 0.191 e. The van der Waals surface area contributed by atoms with E-state index in [4.69, 9.17) is 17.3 Å². The normalized spacial score (nSPS) is 18.6. The number of rotatable bonds is 3. The maximum absolute atomic E-state index is 6.12. The van der Waals surface area contributed by atoms with Gasteiger partial charge in [-0.1, -0.05) is 36.6 Å². The summed E-state index contributed by atoms with van der Waals surface area (Å²) in [6, 6.07) is 8.47. The van der Waals surface area contributed by atoms with Gasteiger partial charge in [-0.05, 0) is 37.5 Å². The molecular formula is C15H22ClN3. The van der Waals surface area contributed by atoms with Crippen LogP contribution in [-0.4, -0.2) is 23.9 Å². The second-order valence-electron chi connectivity index (χ2n) is 5.27. The average molecular weight is 280 g/mol. The van der Waals surface area contributed by atoms with Gasteiger partial charge in [-0.2, -0.15) is 0 Å². The topological polar surface area (TPSA) is 41.6 Å². The molecule has 3 nitrogen and oxygen atoms in total. The van der Waals surface area contributed by atoms with Crippen molar-refractivity contribution >= 4 is 17.6 Å². The first-order chi connectivity index (χ1) is 9.08. The number of hydrogen-bond acceptors (Lipinski definition) is 1. The van der Waals surface area contributed by atoms with E-state index in [1.807, 2.05) is 30.1 Å². The van der Waals surface area contributed by atoms with Gasteiger partial charge in [-0.3, -0.25) is 0 Å². The summed E-state index contributed by atoms with van der Waals surface area (Å²) in [5.74, 6) is 0.624. The van der Waals surface area contributed by atoms with Gasteiger partial charge in [0, 0.05) is 12.1 Å². The van der Waals surface area contributed by atoms with Gasteiger partial charge in [0.05, 0.1) is 12.1 Å². The lowest BCUT2D eigenvalue weighted by Crippen LogP contribution is -2.36. The predicted octanol–water partition coefficient (Wildman–Crippen LogP) is 3.59. The Labute approximate surface area is 120 Å². The lowest BCUT2D eigenvalue weighted by atomic mass is 10.1. The molecule has 0 amide bonds. The van der Waals surface area contributed by atoms with Gasteiger partial charge < -0.3 is 10.6 Å². The van der Waals surface area contributed by atoms with E-state index in [9.17, 15) is 0 Å². The molecule has 4 heteroatoms. The number of halogens is 1. The Kier molecular flexibility index (Phi) is 4.70. The van der Waals surface area contributed by atoms with Crippen LogP contribution in [0.25, 0.3) is 0 Å². The van der Waals surface area contributed by atoms with Gasteiger partial charge in [-0.25, -0.2) is 4.99 Å². The van der Waals surface area contributed by atoms with Crippen LogP contribution in [0.15, 0.2) is 29.3 Å². The molecule has 0 radical (unpaired) electrons. The molecule has 1 fully saturated rings. The maximum atomic E-state index is 6.12. The number of aliphatic imine (C=N–C) groups is 1. The number of nitrogens with two attached hydrogens (primary N) is 1. The highest BCUT2D eigenvalue weighted by atomic mass is 35.5. The van der Waals surface area contributed by atoms with E-state index < -0.39 is 0 Å². The molecule has 2 N–H and O–H groups in total. The van der Waals surface area contributed by atoms with Crippen LogP contribution >= 0.6 is 11.6 Å². The molecular weight excluding hydrogens is 258 g/mol. The molecule has 104 valence electrons. The molecule has 0 saturated heterocycles. The summed E-state index contributed by atoms with van der Waals surface area (Å²) in [6.07, 6.45) is 4.88. The number of guanidine groups is 1. The minimum Gasteiger partial charge on any atom is -0.370 e. The fourth-order valence-electron chi connectivity index (χ4n) is 2.50. The van der Waals surface area contributed by atoms with Gasteiger partial charge in [0.1, 0.15) is 0 Å². The number of benzene rings is 1. The molecule has 1 aliphatic carbocycles. The smallest absolute Gasteiger partial charge is 0.191 e. The lowest BCUT2D eigenvalue weighted by molar-refractivity contribution is 0.394. The van der Waals surface area contributed by atoms with Crippen molar-refractivity contribution in [1.82, 2.24) is 4.90 Å². The molecule has 0 heterocycles. The molecule has 1 aliphatic rings. The van der Waals surface area contributed by atoms with Gasteiger partial charge >= 0.3 is 0 Å². The largest absolute Gasteiger partial charge is 0.370 e. The van der Waals surface area contributed by atoms with Gasteiger partial charge in [-0.15, -0.1) is 0 Å². The quantitative estimate of drug-likeness (QED) is 0.679. The summed E-state index contributed by atoms with van der Waals surface area (Å²) in [5.41, 5.74) is 7.27. The van der Waals surface area contributed by atoms with E-state index in [1.54, 1.807) is 0 Å². The third-order valence-electron chi connectivity index (χ3n) is 3.91. The Morgan fingerprint density at radius 1 is 1.42 bits per heavy atom. The highest BCUT2D eigenvalue weighted by Gasteiger charge is 2.18. The van der Waals surface area contributed by atoms with Crippen LogP contribution in [0.1, 0.15) is 44.2 Å². The second-order valence-corrected chi connectivity index (χ2v) is 5.70. The fraction of sp³-hybridized carbons (Fsp3) is 0.533. The standard InChI is InChI=1S/C15H22ClN3/c1-11(12-6-5-7-13(16)10-12)19(2)15(17)18-14-8-3-4-9-14/h5-7,10-11,14H,3-4,8-9H2,1-2H3,(H2,17,18). The zero-order chi connectivity index (χ0) is 13.8. The van der Waals surface area contributed by atoms with Crippen LogP contribution in [0.5, 0.6) is 0 Å². The van der Waals surface area contributed by atoms with Crippen LogP contribution in [-0.2, 0) is 0 Å². The Balaban J connectivity index is 2.07. The zero-order valence-corrected chi connectivity index (χ0v) is 12.4. The van der Waals surface area contributed by atoms with E-state index in [0.29, 0.717) is 12.0 Å². The number of hydrogen-bond donors (Lipinski definition) is 1. The van der Waals surface area contributed by atoms with E-state index in [-0.39, 0.29) is 6.04 Å². The summed E-state index contributed by atoms with van der Waals surface area (Å²) >= 11 is 6.03. The molecule has 0 bridgehead atoms. The monoisotopic (exact) mass is 279 g/mol. The summed E-state index contributed by atoms with van der Waals surface area (Å²) < 4.78 is 0. The molecule has 2 rings (SSSR count). The van der Waals surface area contributed by atoms with Crippen LogP contribution < -0.4 is 5.73 Å². The highest BCUT2D eigenvalue weighted by Crippen LogP contribution is 2.24. The zero-order valence-electron chi connectivity index (χ0n) is 11.6. The lowest BCUT2D eigenvalue weighted by Gasteiger charge is -2.27. The molecule has 0 spiro atoms. The predicted molar refractivity (Wildman–Crippen MR) is 81.5 cm³/mol. The van der Waals surface area contributed by atoms with Crippen molar-refractivity contribution in [2.45, 2.75) is 44.7 Å². The molecule has 1 atom stereocenters. The first-order valence-electron chi connectivity index (χ1n) is 6.89. The second kappa shape index (κ2) is 6.29. The van der Waals surface area contributed by atoms with Crippen molar-refractivity contribution in [2.24, 2.45) is 10.7 Å². The Morgan fingerprint density at radius 3 is 2.74 bits per heavy atom. The van der Waals surface area contributed by atoms with E-state index >= 15 is 0 Å². The Bertz CT molecular complexity index is 452. The Morgan fingerprint density at radius 2 is 2.11 bits per heavy atom. The third kappa shape index (κ3) is 3.63. The van der Waals surface area contributed by atoms with E-state index in [2.05, 4.69) is 18.0 Å². The van der Waals surface area contributed by atoms with E-state index in [1.165, 1.54) is 25.7 Å². The van der Waals surface area contributed by atoms with Crippen molar-refractivity contribution in [3.05, 3.63) is 34.9 Å². The SMILES string of the molecule is CC(c1cccc(Cl)c1)N(C)C(N)=NC1CCCC1.